The zero-order chi connectivity index (χ0) is 35.7. The molecule has 0 aliphatic carbocycles. The number of aromatic nitrogens is 2. The third-order valence-electron chi connectivity index (χ3n) is 10.8. The molecule has 250 valence electrons. The van der Waals surface area contributed by atoms with Gasteiger partial charge in [0.2, 0.25) is 0 Å². The standard InChI is InChI=1S/C49H39N3/c1-30(2)32-17-21-37-42(26-32)47(39-16-10-12-31-13-11-25-51-48(31)39)38-22-19-34(49(3,4)5)28-43(38)46(37)33-18-23-44-40(27-33)41-29-35(50-6)20-24-45(41)52(44)36-14-8-7-9-15-36/h7-30H,1-5H3. The van der Waals surface area contributed by atoms with Crippen molar-refractivity contribution in [3.05, 3.63) is 162 Å². The maximum atomic E-state index is 7.83. The van der Waals surface area contributed by atoms with Crippen LogP contribution in [0.1, 0.15) is 51.7 Å². The van der Waals surface area contributed by atoms with Crippen molar-refractivity contribution in [2.24, 2.45) is 0 Å². The average molecular weight is 670 g/mol. The number of hydrogen-bond acceptors (Lipinski definition) is 1. The summed E-state index contributed by atoms with van der Waals surface area (Å²) >= 11 is 0. The summed E-state index contributed by atoms with van der Waals surface area (Å²) in [5, 5.41) is 8.26. The Labute approximate surface area is 304 Å². The van der Waals surface area contributed by atoms with E-state index in [-0.39, 0.29) is 5.41 Å². The van der Waals surface area contributed by atoms with Gasteiger partial charge < -0.3 is 4.57 Å². The van der Waals surface area contributed by atoms with Gasteiger partial charge in [0.05, 0.1) is 23.1 Å². The van der Waals surface area contributed by atoms with Crippen LogP contribution in [0.15, 0.2) is 140 Å². The highest BCUT2D eigenvalue weighted by atomic mass is 15.0. The lowest BCUT2D eigenvalue weighted by atomic mass is 9.80. The van der Waals surface area contributed by atoms with Crippen LogP contribution >= 0.6 is 0 Å². The smallest absolute Gasteiger partial charge is 0.188 e. The second-order valence-electron chi connectivity index (χ2n) is 15.3. The van der Waals surface area contributed by atoms with Crippen LogP contribution < -0.4 is 0 Å². The van der Waals surface area contributed by atoms with Crippen molar-refractivity contribution in [1.82, 2.24) is 9.55 Å². The first kappa shape index (κ1) is 31.7. The first-order valence-electron chi connectivity index (χ1n) is 18.1. The monoisotopic (exact) mass is 669 g/mol. The number of nitrogens with zero attached hydrogens (tertiary/aromatic N) is 3. The lowest BCUT2D eigenvalue weighted by Crippen LogP contribution is -2.10. The van der Waals surface area contributed by atoms with E-state index in [0.717, 1.165) is 49.5 Å². The molecule has 0 saturated carbocycles. The van der Waals surface area contributed by atoms with Crippen LogP contribution in [0.5, 0.6) is 0 Å². The summed E-state index contributed by atoms with van der Waals surface area (Å²) in [6, 6.07) is 48.4. The minimum Gasteiger partial charge on any atom is -0.309 e. The average Bonchev–Trinajstić information content (AvgIpc) is 3.49. The van der Waals surface area contributed by atoms with E-state index in [9.17, 15) is 0 Å². The molecule has 2 heterocycles. The number of benzene rings is 7. The lowest BCUT2D eigenvalue weighted by Gasteiger charge is -2.24. The van der Waals surface area contributed by atoms with Gasteiger partial charge in [-0.15, -0.1) is 0 Å². The van der Waals surface area contributed by atoms with Gasteiger partial charge in [0.25, 0.3) is 0 Å². The van der Waals surface area contributed by atoms with Crippen LogP contribution in [0.3, 0.4) is 0 Å². The molecule has 3 heteroatoms. The van der Waals surface area contributed by atoms with E-state index in [1.807, 2.05) is 24.4 Å². The van der Waals surface area contributed by atoms with Crippen molar-refractivity contribution in [1.29, 1.82) is 0 Å². The van der Waals surface area contributed by atoms with Crippen molar-refractivity contribution in [2.45, 2.75) is 46.0 Å². The Morgan fingerprint density at radius 2 is 1.33 bits per heavy atom. The number of para-hydroxylation sites is 2. The molecule has 0 N–H and O–H groups in total. The molecule has 0 aliphatic rings. The molecular formula is C49H39N3. The third-order valence-corrected chi connectivity index (χ3v) is 10.8. The highest BCUT2D eigenvalue weighted by molar-refractivity contribution is 6.24. The number of pyridine rings is 1. The highest BCUT2D eigenvalue weighted by Crippen LogP contribution is 2.48. The SMILES string of the molecule is [C-]#[N+]c1ccc2c(c1)c1cc(-c3c4cc(C(C)(C)C)ccc4c(-c4cccc5cccnc45)c4cc(C(C)C)ccc34)ccc1n2-c1ccccc1. The number of fused-ring (bicyclic) bond motifs is 6. The summed E-state index contributed by atoms with van der Waals surface area (Å²) in [6.45, 7) is 19.2. The van der Waals surface area contributed by atoms with E-state index in [0.29, 0.717) is 11.6 Å². The van der Waals surface area contributed by atoms with Crippen molar-refractivity contribution >= 4 is 59.9 Å². The summed E-state index contributed by atoms with van der Waals surface area (Å²) < 4.78 is 2.32. The fourth-order valence-electron chi connectivity index (χ4n) is 8.07. The minimum atomic E-state index is -0.0354. The largest absolute Gasteiger partial charge is 0.309 e. The van der Waals surface area contributed by atoms with E-state index in [4.69, 9.17) is 11.6 Å². The van der Waals surface area contributed by atoms with Crippen LogP contribution in [0.25, 0.3) is 87.0 Å². The van der Waals surface area contributed by atoms with Gasteiger partial charge in [0.15, 0.2) is 5.69 Å². The zero-order valence-electron chi connectivity index (χ0n) is 30.2. The molecule has 7 aromatic carbocycles. The first-order chi connectivity index (χ1) is 25.2. The van der Waals surface area contributed by atoms with Crippen LogP contribution in [0.4, 0.5) is 5.69 Å². The van der Waals surface area contributed by atoms with Gasteiger partial charge in [-0.05, 0) is 115 Å². The Kier molecular flexibility index (Phi) is 7.28. The predicted molar refractivity (Wildman–Crippen MR) is 221 cm³/mol. The molecule has 0 atom stereocenters. The van der Waals surface area contributed by atoms with Crippen LogP contribution in [0, 0.1) is 6.57 Å². The Bertz CT molecular complexity index is 2910. The number of rotatable bonds is 4. The second kappa shape index (κ2) is 11.9. The molecule has 0 unspecified atom stereocenters. The fraction of sp³-hybridized carbons (Fsp3) is 0.143. The van der Waals surface area contributed by atoms with Crippen molar-refractivity contribution < 1.29 is 0 Å². The molecule has 0 fully saturated rings. The van der Waals surface area contributed by atoms with Crippen LogP contribution in [-0.2, 0) is 5.41 Å². The van der Waals surface area contributed by atoms with Gasteiger partial charge in [-0.3, -0.25) is 4.98 Å². The van der Waals surface area contributed by atoms with Crippen molar-refractivity contribution in [3.8, 4) is 27.9 Å². The van der Waals surface area contributed by atoms with Crippen LogP contribution in [0.2, 0.25) is 0 Å². The molecule has 0 aliphatic heterocycles. The lowest BCUT2D eigenvalue weighted by molar-refractivity contribution is 0.591. The molecule has 3 nitrogen and oxygen atoms in total. The molecule has 2 aromatic heterocycles. The molecule has 52 heavy (non-hydrogen) atoms. The van der Waals surface area contributed by atoms with Gasteiger partial charge in [-0.2, -0.15) is 0 Å². The fourth-order valence-corrected chi connectivity index (χ4v) is 8.07. The summed E-state index contributed by atoms with van der Waals surface area (Å²) in [5.41, 5.74) is 12.3. The van der Waals surface area contributed by atoms with E-state index in [2.05, 4.69) is 159 Å². The Morgan fingerprint density at radius 1 is 0.615 bits per heavy atom. The summed E-state index contributed by atoms with van der Waals surface area (Å²) in [5.74, 6) is 0.377. The van der Waals surface area contributed by atoms with E-state index < -0.39 is 0 Å². The van der Waals surface area contributed by atoms with Gasteiger partial charge >= 0.3 is 0 Å². The van der Waals surface area contributed by atoms with Gasteiger partial charge in [-0.25, -0.2) is 4.85 Å². The molecule has 0 radical (unpaired) electrons. The molecule has 0 bridgehead atoms. The third kappa shape index (κ3) is 4.98. The normalized spacial score (nSPS) is 12.1. The predicted octanol–water partition coefficient (Wildman–Crippen LogP) is 13.9. The molecule has 0 saturated heterocycles. The van der Waals surface area contributed by atoms with Crippen molar-refractivity contribution in [3.63, 3.8) is 0 Å². The molecule has 9 rings (SSSR count). The maximum Gasteiger partial charge on any atom is 0.188 e. The Hall–Kier alpha value is -6.24. The van der Waals surface area contributed by atoms with Gasteiger partial charge in [-0.1, -0.05) is 120 Å². The maximum absolute atomic E-state index is 7.83. The van der Waals surface area contributed by atoms with E-state index in [1.54, 1.807) is 0 Å². The number of hydrogen-bond donors (Lipinski definition) is 0. The molecule has 9 aromatic rings. The molecule has 0 spiro atoms. The molecule has 0 amide bonds. The second-order valence-corrected chi connectivity index (χ2v) is 15.3. The Balaban J connectivity index is 1.45. The minimum absolute atomic E-state index is 0.0354. The van der Waals surface area contributed by atoms with E-state index >= 15 is 0 Å². The summed E-state index contributed by atoms with van der Waals surface area (Å²) in [7, 11) is 0. The zero-order valence-corrected chi connectivity index (χ0v) is 30.2. The van der Waals surface area contributed by atoms with Gasteiger partial charge in [0.1, 0.15) is 0 Å². The van der Waals surface area contributed by atoms with E-state index in [1.165, 1.54) is 43.8 Å². The summed E-state index contributed by atoms with van der Waals surface area (Å²) in [6.07, 6.45) is 1.91. The Morgan fingerprint density at radius 3 is 2.10 bits per heavy atom. The highest BCUT2D eigenvalue weighted by Gasteiger charge is 2.23. The van der Waals surface area contributed by atoms with Crippen LogP contribution in [-0.4, -0.2) is 9.55 Å². The molecular weight excluding hydrogens is 631 g/mol. The topological polar surface area (TPSA) is 22.2 Å². The first-order valence-corrected chi connectivity index (χ1v) is 18.1. The van der Waals surface area contributed by atoms with Crippen molar-refractivity contribution in [2.75, 3.05) is 0 Å². The summed E-state index contributed by atoms with van der Waals surface area (Å²) in [4.78, 5) is 8.77. The van der Waals surface area contributed by atoms with Gasteiger partial charge in [0, 0.05) is 28.2 Å². The quantitative estimate of drug-likeness (QED) is 0.135.